The molecule has 0 radical (unpaired) electrons. The summed E-state index contributed by atoms with van der Waals surface area (Å²) in [6.07, 6.45) is 0. The second-order valence-electron chi connectivity index (χ2n) is 2.47. The van der Waals surface area contributed by atoms with Gasteiger partial charge < -0.3 is 4.74 Å². The maximum absolute atomic E-state index is 11.1. The molecule has 2 N–H and O–H groups in total. The van der Waals surface area contributed by atoms with Crippen LogP contribution in [0.5, 0.6) is 5.75 Å². The highest BCUT2D eigenvalue weighted by Crippen LogP contribution is 2.34. The van der Waals surface area contributed by atoms with Gasteiger partial charge in [0.2, 0.25) is 10.0 Å². The average Bonchev–Trinajstić information content (AvgIpc) is 2.06. The van der Waals surface area contributed by atoms with Crippen molar-refractivity contribution in [1.82, 2.24) is 0 Å². The Hall–Kier alpha value is -0.110. The van der Waals surface area contributed by atoms with E-state index >= 15 is 0 Å². The van der Waals surface area contributed by atoms with Crippen molar-refractivity contribution >= 4 is 41.9 Å². The Morgan fingerprint density at radius 3 is 2.36 bits per heavy atom. The summed E-state index contributed by atoms with van der Waals surface area (Å²) >= 11 is 6.27. The number of hydrogen-bond acceptors (Lipinski definition) is 3. The predicted octanol–water partition coefficient (Wildman–Crippen LogP) is 1.87. The fourth-order valence-electron chi connectivity index (χ4n) is 0.896. The number of nitrogens with two attached hydrogens (primary N) is 1. The van der Waals surface area contributed by atoms with Crippen molar-refractivity contribution < 1.29 is 13.2 Å². The monoisotopic (exact) mass is 343 g/mol. The van der Waals surface area contributed by atoms with Crippen LogP contribution < -0.4 is 9.88 Å². The minimum atomic E-state index is -3.75. The van der Waals surface area contributed by atoms with E-state index in [2.05, 4.69) is 31.9 Å². The quantitative estimate of drug-likeness (QED) is 0.890. The summed E-state index contributed by atoms with van der Waals surface area (Å²) in [7, 11) is -2.30. The molecule has 1 aromatic carbocycles. The van der Waals surface area contributed by atoms with Crippen molar-refractivity contribution in [3.63, 3.8) is 0 Å². The van der Waals surface area contributed by atoms with Gasteiger partial charge in [-0.25, -0.2) is 13.6 Å². The Labute approximate surface area is 98.7 Å². The molecule has 0 saturated heterocycles. The molecule has 0 saturated carbocycles. The van der Waals surface area contributed by atoms with Crippen LogP contribution in [-0.2, 0) is 10.0 Å². The number of benzene rings is 1. The highest BCUT2D eigenvalue weighted by Gasteiger charge is 2.17. The van der Waals surface area contributed by atoms with Crippen molar-refractivity contribution in [2.24, 2.45) is 5.14 Å². The van der Waals surface area contributed by atoms with Gasteiger partial charge in [-0.3, -0.25) is 0 Å². The van der Waals surface area contributed by atoms with Gasteiger partial charge in [-0.15, -0.1) is 0 Å². The molecule has 0 aliphatic heterocycles. The average molecular weight is 345 g/mol. The molecule has 1 rings (SSSR count). The van der Waals surface area contributed by atoms with Crippen molar-refractivity contribution in [3.05, 3.63) is 21.1 Å². The first-order valence-electron chi connectivity index (χ1n) is 3.42. The third-order valence-corrected chi connectivity index (χ3v) is 3.97. The van der Waals surface area contributed by atoms with E-state index in [1.165, 1.54) is 13.2 Å². The minimum Gasteiger partial charge on any atom is -0.495 e. The Morgan fingerprint density at radius 1 is 1.36 bits per heavy atom. The number of ether oxygens (including phenoxy) is 1. The SMILES string of the molecule is COc1cc(Br)cc(S(N)(=O)=O)c1Br. The van der Waals surface area contributed by atoms with E-state index in [0.717, 1.165) is 0 Å². The van der Waals surface area contributed by atoms with E-state index in [4.69, 9.17) is 9.88 Å². The lowest BCUT2D eigenvalue weighted by atomic mass is 10.3. The molecule has 0 atom stereocenters. The minimum absolute atomic E-state index is 0.0104. The molecule has 1 aromatic rings. The number of halogens is 2. The molecule has 0 amide bonds. The van der Waals surface area contributed by atoms with Crippen molar-refractivity contribution in [1.29, 1.82) is 0 Å². The number of rotatable bonds is 2. The summed E-state index contributed by atoms with van der Waals surface area (Å²) in [5.74, 6) is 0.406. The lowest BCUT2D eigenvalue weighted by Gasteiger charge is -2.08. The Kier molecular flexibility index (Phi) is 3.57. The number of sulfonamides is 1. The molecule has 0 heterocycles. The van der Waals surface area contributed by atoms with Crippen LogP contribution in [0.25, 0.3) is 0 Å². The zero-order valence-electron chi connectivity index (χ0n) is 7.12. The molecule has 78 valence electrons. The summed E-state index contributed by atoms with van der Waals surface area (Å²) in [5.41, 5.74) is 0. The third kappa shape index (κ3) is 2.47. The summed E-state index contributed by atoms with van der Waals surface area (Å²) in [5, 5.41) is 5.02. The first-order valence-corrected chi connectivity index (χ1v) is 6.55. The second kappa shape index (κ2) is 4.18. The summed E-state index contributed by atoms with van der Waals surface area (Å²) in [4.78, 5) is -0.0104. The van der Waals surface area contributed by atoms with Gasteiger partial charge in [0.25, 0.3) is 0 Å². The Morgan fingerprint density at radius 2 is 1.93 bits per heavy atom. The van der Waals surface area contributed by atoms with Gasteiger partial charge in [-0.05, 0) is 28.1 Å². The molecule has 4 nitrogen and oxygen atoms in total. The van der Waals surface area contributed by atoms with Gasteiger partial charge in [-0.1, -0.05) is 15.9 Å². The van der Waals surface area contributed by atoms with Crippen LogP contribution in [0.2, 0.25) is 0 Å². The van der Waals surface area contributed by atoms with Crippen LogP contribution in [0.1, 0.15) is 0 Å². The summed E-state index contributed by atoms with van der Waals surface area (Å²) in [6, 6.07) is 3.04. The van der Waals surface area contributed by atoms with Crippen LogP contribution in [-0.4, -0.2) is 15.5 Å². The van der Waals surface area contributed by atoms with Crippen molar-refractivity contribution in [2.45, 2.75) is 4.90 Å². The second-order valence-corrected chi connectivity index (χ2v) is 5.70. The van der Waals surface area contributed by atoms with E-state index in [9.17, 15) is 8.42 Å². The van der Waals surface area contributed by atoms with E-state index < -0.39 is 10.0 Å². The van der Waals surface area contributed by atoms with Crippen molar-refractivity contribution in [3.8, 4) is 5.75 Å². The first-order chi connectivity index (χ1) is 6.36. The van der Waals surface area contributed by atoms with Gasteiger partial charge in [0.15, 0.2) is 0 Å². The predicted molar refractivity (Wildman–Crippen MR) is 59.8 cm³/mol. The largest absolute Gasteiger partial charge is 0.495 e. The summed E-state index contributed by atoms with van der Waals surface area (Å²) in [6.45, 7) is 0. The fraction of sp³-hybridized carbons (Fsp3) is 0.143. The Balaban J connectivity index is 3.53. The molecule has 0 unspecified atom stereocenters. The van der Waals surface area contributed by atoms with Gasteiger partial charge in [0, 0.05) is 4.47 Å². The highest BCUT2D eigenvalue weighted by molar-refractivity contribution is 9.11. The molecular weight excluding hydrogens is 338 g/mol. The fourth-order valence-corrected chi connectivity index (χ4v) is 3.19. The molecule has 14 heavy (non-hydrogen) atoms. The maximum Gasteiger partial charge on any atom is 0.239 e. The van der Waals surface area contributed by atoms with E-state index in [0.29, 0.717) is 14.7 Å². The normalized spacial score (nSPS) is 11.4. The van der Waals surface area contributed by atoms with E-state index in [-0.39, 0.29) is 4.90 Å². The maximum atomic E-state index is 11.1. The van der Waals surface area contributed by atoms with Gasteiger partial charge in [0.05, 0.1) is 11.6 Å². The lowest BCUT2D eigenvalue weighted by molar-refractivity contribution is 0.410. The molecule has 7 heteroatoms. The number of primary sulfonamides is 1. The van der Waals surface area contributed by atoms with Gasteiger partial charge >= 0.3 is 0 Å². The highest BCUT2D eigenvalue weighted by atomic mass is 79.9. The lowest BCUT2D eigenvalue weighted by Crippen LogP contribution is -2.13. The first kappa shape index (κ1) is 12.0. The van der Waals surface area contributed by atoms with Gasteiger partial charge in [-0.2, -0.15) is 0 Å². The van der Waals surface area contributed by atoms with Crippen LogP contribution in [0.15, 0.2) is 26.0 Å². The molecule has 0 bridgehead atoms. The zero-order valence-corrected chi connectivity index (χ0v) is 11.1. The smallest absolute Gasteiger partial charge is 0.239 e. The van der Waals surface area contributed by atoms with Gasteiger partial charge in [0.1, 0.15) is 10.6 Å². The van der Waals surface area contributed by atoms with E-state index in [1.54, 1.807) is 6.07 Å². The summed E-state index contributed by atoms with van der Waals surface area (Å²) < 4.78 is 28.2. The molecule has 0 aliphatic rings. The topological polar surface area (TPSA) is 69.4 Å². The Bertz CT molecular complexity index is 458. The van der Waals surface area contributed by atoms with E-state index in [1.807, 2.05) is 0 Å². The molecule has 0 spiro atoms. The zero-order chi connectivity index (χ0) is 10.9. The number of methoxy groups -OCH3 is 1. The number of hydrogen-bond donors (Lipinski definition) is 1. The molecule has 0 aromatic heterocycles. The molecule has 0 aliphatic carbocycles. The third-order valence-electron chi connectivity index (χ3n) is 1.50. The van der Waals surface area contributed by atoms with Crippen LogP contribution in [0, 0.1) is 0 Å². The standard InChI is InChI=1S/C7H7Br2NO3S/c1-13-5-2-4(8)3-6(7(5)9)14(10,11)12/h2-3H,1H3,(H2,10,11,12). The van der Waals surface area contributed by atoms with Crippen LogP contribution in [0.4, 0.5) is 0 Å². The molecule has 0 fully saturated rings. The van der Waals surface area contributed by atoms with Crippen LogP contribution in [0.3, 0.4) is 0 Å². The molecular formula is C7H7Br2NO3S. The van der Waals surface area contributed by atoms with Crippen LogP contribution >= 0.6 is 31.9 Å². The van der Waals surface area contributed by atoms with Crippen molar-refractivity contribution in [2.75, 3.05) is 7.11 Å².